The summed E-state index contributed by atoms with van der Waals surface area (Å²) in [6, 6.07) is 5.04. The second-order valence-electron chi connectivity index (χ2n) is 4.63. The first-order valence-corrected chi connectivity index (χ1v) is 6.99. The van der Waals surface area contributed by atoms with Crippen molar-refractivity contribution in [2.45, 2.75) is 18.9 Å². The van der Waals surface area contributed by atoms with Gasteiger partial charge in [-0.1, -0.05) is 0 Å². The fourth-order valence-corrected chi connectivity index (χ4v) is 2.87. The zero-order valence-electron chi connectivity index (χ0n) is 10.0. The minimum atomic E-state index is 0.835. The Hall–Kier alpha value is -1.13. The quantitative estimate of drug-likeness (QED) is 0.880. The van der Waals surface area contributed by atoms with E-state index in [1.807, 2.05) is 6.20 Å². The third kappa shape index (κ3) is 2.42. The van der Waals surface area contributed by atoms with Gasteiger partial charge in [-0.05, 0) is 37.4 Å². The van der Waals surface area contributed by atoms with E-state index in [2.05, 4.69) is 39.8 Å². The highest BCUT2D eigenvalue weighted by molar-refractivity contribution is 7.17. The second kappa shape index (κ2) is 4.63. The van der Waals surface area contributed by atoms with E-state index in [9.17, 15) is 0 Å². The van der Waals surface area contributed by atoms with Crippen molar-refractivity contribution >= 4 is 27.2 Å². The van der Waals surface area contributed by atoms with E-state index in [4.69, 9.17) is 0 Å². The highest BCUT2D eigenvalue weighted by Crippen LogP contribution is 2.26. The van der Waals surface area contributed by atoms with Crippen LogP contribution in [0.5, 0.6) is 0 Å². The van der Waals surface area contributed by atoms with Crippen LogP contribution in [-0.4, -0.2) is 36.1 Å². The molecule has 0 amide bonds. The Labute approximate surface area is 105 Å². The molecule has 2 heterocycles. The van der Waals surface area contributed by atoms with Crippen LogP contribution in [0.25, 0.3) is 10.1 Å². The normalized spacial score (nSPS) is 15.6. The molecule has 1 aliphatic rings. The first-order valence-electron chi connectivity index (χ1n) is 6.11. The predicted octanol–water partition coefficient (Wildman–Crippen LogP) is 2.80. The van der Waals surface area contributed by atoms with Crippen LogP contribution in [0.4, 0.5) is 5.82 Å². The van der Waals surface area contributed by atoms with Gasteiger partial charge in [-0.25, -0.2) is 4.98 Å². The van der Waals surface area contributed by atoms with E-state index in [1.54, 1.807) is 11.3 Å². The molecular formula is C13H17N3S. The Morgan fingerprint density at radius 1 is 1.47 bits per heavy atom. The van der Waals surface area contributed by atoms with Crippen LogP contribution in [0.1, 0.15) is 12.8 Å². The zero-order valence-corrected chi connectivity index (χ0v) is 10.8. The average molecular weight is 247 g/mol. The summed E-state index contributed by atoms with van der Waals surface area (Å²) < 4.78 is 1.30. The van der Waals surface area contributed by atoms with Gasteiger partial charge >= 0.3 is 0 Å². The number of anilines is 1. The lowest BCUT2D eigenvalue weighted by atomic mass is 10.3. The SMILES string of the molecule is CN(CCNc1nccc2sccc12)C1CC1. The molecule has 0 aliphatic heterocycles. The molecule has 3 nitrogen and oxygen atoms in total. The number of thiophene rings is 1. The minimum absolute atomic E-state index is 0.835. The van der Waals surface area contributed by atoms with Crippen LogP contribution in [-0.2, 0) is 0 Å². The lowest BCUT2D eigenvalue weighted by molar-refractivity contribution is 0.337. The van der Waals surface area contributed by atoms with Gasteiger partial charge in [0, 0.05) is 35.4 Å². The van der Waals surface area contributed by atoms with Crippen LogP contribution in [0.2, 0.25) is 0 Å². The molecule has 1 saturated carbocycles. The van der Waals surface area contributed by atoms with Crippen molar-refractivity contribution in [3.05, 3.63) is 23.7 Å². The van der Waals surface area contributed by atoms with E-state index in [0.29, 0.717) is 0 Å². The molecule has 4 heteroatoms. The monoisotopic (exact) mass is 247 g/mol. The largest absolute Gasteiger partial charge is 0.368 e. The highest BCUT2D eigenvalue weighted by atomic mass is 32.1. The number of hydrogen-bond donors (Lipinski definition) is 1. The van der Waals surface area contributed by atoms with Crippen LogP contribution < -0.4 is 5.32 Å². The van der Waals surface area contributed by atoms with Gasteiger partial charge in [0.15, 0.2) is 0 Å². The van der Waals surface area contributed by atoms with Gasteiger partial charge in [-0.2, -0.15) is 0 Å². The highest BCUT2D eigenvalue weighted by Gasteiger charge is 2.25. The molecule has 2 aromatic heterocycles. The van der Waals surface area contributed by atoms with Crippen LogP contribution in [0.3, 0.4) is 0 Å². The van der Waals surface area contributed by atoms with E-state index < -0.39 is 0 Å². The lowest BCUT2D eigenvalue weighted by Crippen LogP contribution is -2.27. The van der Waals surface area contributed by atoms with Crippen LogP contribution in [0.15, 0.2) is 23.7 Å². The molecule has 0 bridgehead atoms. The molecule has 0 atom stereocenters. The summed E-state index contributed by atoms with van der Waals surface area (Å²) in [4.78, 5) is 6.84. The summed E-state index contributed by atoms with van der Waals surface area (Å²) in [6.45, 7) is 2.06. The molecule has 1 aliphatic carbocycles. The molecule has 3 rings (SSSR count). The summed E-state index contributed by atoms with van der Waals surface area (Å²) in [7, 11) is 2.21. The van der Waals surface area contributed by atoms with Crippen LogP contribution in [0, 0.1) is 0 Å². The van der Waals surface area contributed by atoms with Gasteiger partial charge in [0.2, 0.25) is 0 Å². The molecule has 0 aromatic carbocycles. The van der Waals surface area contributed by atoms with Crippen molar-refractivity contribution < 1.29 is 0 Å². The maximum Gasteiger partial charge on any atom is 0.134 e. The maximum absolute atomic E-state index is 4.41. The summed E-state index contributed by atoms with van der Waals surface area (Å²) >= 11 is 1.77. The fraction of sp³-hybridized carbons (Fsp3) is 0.462. The van der Waals surface area contributed by atoms with E-state index in [-0.39, 0.29) is 0 Å². The number of rotatable bonds is 5. The third-order valence-corrected chi connectivity index (χ3v) is 4.19. The van der Waals surface area contributed by atoms with Gasteiger partial charge < -0.3 is 10.2 Å². The summed E-state index contributed by atoms with van der Waals surface area (Å²) in [5.41, 5.74) is 0. The molecule has 1 N–H and O–H groups in total. The molecule has 0 unspecified atom stereocenters. The molecule has 0 radical (unpaired) electrons. The second-order valence-corrected chi connectivity index (χ2v) is 5.58. The molecule has 1 fully saturated rings. The van der Waals surface area contributed by atoms with Gasteiger partial charge in [-0.3, -0.25) is 0 Å². The number of likely N-dealkylation sites (N-methyl/N-ethyl adjacent to an activating group) is 1. The maximum atomic E-state index is 4.41. The van der Waals surface area contributed by atoms with E-state index >= 15 is 0 Å². The summed E-state index contributed by atoms with van der Waals surface area (Å²) in [5.74, 6) is 1.02. The number of nitrogens with one attached hydrogen (secondary N) is 1. The first-order chi connectivity index (χ1) is 8.34. The number of nitrogens with zero attached hydrogens (tertiary/aromatic N) is 2. The number of pyridine rings is 1. The fourth-order valence-electron chi connectivity index (χ4n) is 2.08. The van der Waals surface area contributed by atoms with Crippen molar-refractivity contribution in [2.75, 3.05) is 25.5 Å². The molecule has 0 saturated heterocycles. The van der Waals surface area contributed by atoms with Crippen molar-refractivity contribution in [1.82, 2.24) is 9.88 Å². The van der Waals surface area contributed by atoms with Crippen molar-refractivity contribution in [2.24, 2.45) is 0 Å². The van der Waals surface area contributed by atoms with Crippen molar-refractivity contribution in [1.29, 1.82) is 0 Å². The lowest BCUT2D eigenvalue weighted by Gasteiger charge is -2.16. The van der Waals surface area contributed by atoms with Gasteiger partial charge in [0.1, 0.15) is 5.82 Å². The van der Waals surface area contributed by atoms with E-state index in [0.717, 1.165) is 24.9 Å². The number of aromatic nitrogens is 1. The number of hydrogen-bond acceptors (Lipinski definition) is 4. The summed E-state index contributed by atoms with van der Waals surface area (Å²) in [6.07, 6.45) is 4.62. The number of fused-ring (bicyclic) bond motifs is 1. The standard InChI is InChI=1S/C13H17N3S/c1-16(10-2-3-10)8-7-15-13-11-5-9-17-12(11)4-6-14-13/h4-6,9-10H,2-3,7-8H2,1H3,(H,14,15). The van der Waals surface area contributed by atoms with Crippen LogP contribution >= 0.6 is 11.3 Å². The van der Waals surface area contributed by atoms with Crippen molar-refractivity contribution in [3.8, 4) is 0 Å². The first kappa shape index (κ1) is 11.0. The molecule has 17 heavy (non-hydrogen) atoms. The smallest absolute Gasteiger partial charge is 0.134 e. The molecule has 0 spiro atoms. The Kier molecular flexibility index (Phi) is 2.99. The van der Waals surface area contributed by atoms with Gasteiger partial charge in [-0.15, -0.1) is 11.3 Å². The Balaban J connectivity index is 1.62. The molecule has 2 aromatic rings. The predicted molar refractivity (Wildman–Crippen MR) is 73.8 cm³/mol. The molecular weight excluding hydrogens is 230 g/mol. The topological polar surface area (TPSA) is 28.2 Å². The average Bonchev–Trinajstić information content (AvgIpc) is 3.07. The Bertz CT molecular complexity index is 504. The zero-order chi connectivity index (χ0) is 11.7. The van der Waals surface area contributed by atoms with E-state index in [1.165, 1.54) is 22.9 Å². The van der Waals surface area contributed by atoms with Crippen molar-refractivity contribution in [3.63, 3.8) is 0 Å². The minimum Gasteiger partial charge on any atom is -0.368 e. The van der Waals surface area contributed by atoms with Gasteiger partial charge in [0.05, 0.1) is 0 Å². The Morgan fingerprint density at radius 3 is 3.18 bits per heavy atom. The third-order valence-electron chi connectivity index (χ3n) is 3.31. The summed E-state index contributed by atoms with van der Waals surface area (Å²) in [5, 5.41) is 6.80. The van der Waals surface area contributed by atoms with Gasteiger partial charge in [0.25, 0.3) is 0 Å². The Morgan fingerprint density at radius 2 is 2.35 bits per heavy atom. The molecule has 90 valence electrons.